The molecule has 0 aliphatic heterocycles. The summed E-state index contributed by atoms with van der Waals surface area (Å²) >= 11 is 5.79. The van der Waals surface area contributed by atoms with Crippen LogP contribution in [0.15, 0.2) is 36.4 Å². The number of halogens is 1. The molecule has 0 unspecified atom stereocenters. The highest BCUT2D eigenvalue weighted by Gasteiger charge is 2.21. The van der Waals surface area contributed by atoms with E-state index in [1.807, 2.05) is 0 Å². The quantitative estimate of drug-likeness (QED) is 0.659. The average Bonchev–Trinajstić information content (AvgIpc) is 2.29. The molecule has 4 heteroatoms. The topological polar surface area (TPSA) is 46.5 Å². The minimum Gasteiger partial charge on any atom is -0.463 e. The number of aliphatic hydroxyl groups is 1. The van der Waals surface area contributed by atoms with Crippen molar-refractivity contribution >= 4 is 17.6 Å². The number of hydrogen-bond acceptors (Lipinski definition) is 3. The minimum absolute atomic E-state index is 0.327. The molecule has 1 aromatic carbocycles. The van der Waals surface area contributed by atoms with Gasteiger partial charge in [-0.25, -0.2) is 4.79 Å². The van der Waals surface area contributed by atoms with E-state index >= 15 is 0 Å². The Morgan fingerprint density at radius 3 is 2.61 bits per heavy atom. The van der Waals surface area contributed by atoms with Gasteiger partial charge in [-0.05, 0) is 38.0 Å². The van der Waals surface area contributed by atoms with Gasteiger partial charge in [-0.1, -0.05) is 29.8 Å². The van der Waals surface area contributed by atoms with E-state index in [2.05, 4.69) is 0 Å². The van der Waals surface area contributed by atoms with E-state index in [0.717, 1.165) is 5.56 Å². The van der Waals surface area contributed by atoms with Crippen LogP contribution in [0.2, 0.25) is 5.02 Å². The summed E-state index contributed by atoms with van der Waals surface area (Å²) in [5.74, 6) is -0.399. The highest BCUT2D eigenvalue weighted by molar-refractivity contribution is 6.30. The number of hydrogen-bond donors (Lipinski definition) is 1. The predicted molar refractivity (Wildman–Crippen MR) is 71.4 cm³/mol. The van der Waals surface area contributed by atoms with Crippen LogP contribution >= 0.6 is 11.6 Å². The van der Waals surface area contributed by atoms with E-state index in [0.29, 0.717) is 18.1 Å². The van der Waals surface area contributed by atoms with Gasteiger partial charge in [0.15, 0.2) is 0 Å². The SMILES string of the molecule is CCOC(=O)/C=C/C[C@@](C)(O)c1ccc(Cl)cc1. The van der Waals surface area contributed by atoms with Crippen molar-refractivity contribution in [3.05, 3.63) is 47.0 Å². The molecule has 0 amide bonds. The third-order valence-corrected chi connectivity index (χ3v) is 2.77. The fraction of sp³-hybridized carbons (Fsp3) is 0.357. The van der Waals surface area contributed by atoms with Crippen molar-refractivity contribution in [2.24, 2.45) is 0 Å². The van der Waals surface area contributed by atoms with E-state index in [1.54, 1.807) is 44.2 Å². The highest BCUT2D eigenvalue weighted by Crippen LogP contribution is 2.26. The van der Waals surface area contributed by atoms with Crippen molar-refractivity contribution in [3.8, 4) is 0 Å². The van der Waals surface area contributed by atoms with E-state index < -0.39 is 11.6 Å². The maximum atomic E-state index is 11.1. The summed E-state index contributed by atoms with van der Waals surface area (Å²) < 4.78 is 4.75. The molecule has 98 valence electrons. The number of benzene rings is 1. The molecule has 0 spiro atoms. The molecular weight excluding hydrogens is 252 g/mol. The number of carbonyl (C=O) groups is 1. The van der Waals surface area contributed by atoms with E-state index in [1.165, 1.54) is 6.08 Å². The lowest BCUT2D eigenvalue weighted by Crippen LogP contribution is -2.20. The molecule has 1 atom stereocenters. The number of rotatable bonds is 5. The molecule has 0 aromatic heterocycles. The molecule has 0 bridgehead atoms. The van der Waals surface area contributed by atoms with Gasteiger partial charge < -0.3 is 9.84 Å². The molecule has 1 rings (SSSR count). The van der Waals surface area contributed by atoms with Gasteiger partial charge in [-0.15, -0.1) is 0 Å². The molecule has 18 heavy (non-hydrogen) atoms. The number of ether oxygens (including phenoxy) is 1. The summed E-state index contributed by atoms with van der Waals surface area (Å²) in [6, 6.07) is 6.97. The second-order valence-electron chi connectivity index (χ2n) is 4.14. The number of esters is 1. The van der Waals surface area contributed by atoms with Crippen LogP contribution in [0.1, 0.15) is 25.8 Å². The molecule has 0 aliphatic carbocycles. The fourth-order valence-corrected chi connectivity index (χ4v) is 1.63. The largest absolute Gasteiger partial charge is 0.463 e. The normalized spacial score (nSPS) is 14.4. The molecule has 0 heterocycles. The zero-order valence-electron chi connectivity index (χ0n) is 10.5. The van der Waals surface area contributed by atoms with Gasteiger partial charge in [0.2, 0.25) is 0 Å². The van der Waals surface area contributed by atoms with Crippen LogP contribution in [-0.4, -0.2) is 17.7 Å². The monoisotopic (exact) mass is 268 g/mol. The number of carbonyl (C=O) groups excluding carboxylic acids is 1. The molecule has 0 aliphatic rings. The zero-order chi connectivity index (χ0) is 13.6. The van der Waals surface area contributed by atoms with E-state index in [-0.39, 0.29) is 0 Å². The molecule has 1 aromatic rings. The maximum absolute atomic E-state index is 11.1. The highest BCUT2D eigenvalue weighted by atomic mass is 35.5. The van der Waals surface area contributed by atoms with Crippen molar-refractivity contribution in [1.82, 2.24) is 0 Å². The van der Waals surface area contributed by atoms with E-state index in [9.17, 15) is 9.90 Å². The van der Waals surface area contributed by atoms with Crippen LogP contribution in [0.25, 0.3) is 0 Å². The Morgan fingerprint density at radius 1 is 1.44 bits per heavy atom. The third kappa shape index (κ3) is 4.51. The van der Waals surface area contributed by atoms with Crippen LogP contribution in [0.3, 0.4) is 0 Å². The first-order chi connectivity index (χ1) is 8.45. The van der Waals surface area contributed by atoms with Gasteiger partial charge in [0.1, 0.15) is 0 Å². The lowest BCUT2D eigenvalue weighted by molar-refractivity contribution is -0.137. The molecule has 0 fully saturated rings. The van der Waals surface area contributed by atoms with Crippen molar-refractivity contribution in [3.63, 3.8) is 0 Å². The summed E-state index contributed by atoms with van der Waals surface area (Å²) in [5.41, 5.74) is -0.284. The Labute approximate surface area is 112 Å². The first kappa shape index (κ1) is 14.7. The summed E-state index contributed by atoms with van der Waals surface area (Å²) in [6.45, 7) is 3.78. The van der Waals surface area contributed by atoms with Gasteiger partial charge in [0, 0.05) is 11.1 Å². The minimum atomic E-state index is -1.03. The second kappa shape index (κ2) is 6.57. The van der Waals surface area contributed by atoms with Crippen LogP contribution in [0.5, 0.6) is 0 Å². The molecule has 0 saturated carbocycles. The van der Waals surface area contributed by atoms with Crippen LogP contribution < -0.4 is 0 Å². The molecular formula is C14H17ClO3. The van der Waals surface area contributed by atoms with Crippen molar-refractivity contribution in [2.45, 2.75) is 25.9 Å². The first-order valence-electron chi connectivity index (χ1n) is 5.77. The summed E-state index contributed by atoms with van der Waals surface area (Å²) in [6.07, 6.45) is 3.26. The summed E-state index contributed by atoms with van der Waals surface area (Å²) in [7, 11) is 0. The van der Waals surface area contributed by atoms with Crippen molar-refractivity contribution in [2.75, 3.05) is 6.61 Å². The Hall–Kier alpha value is -1.32. The van der Waals surface area contributed by atoms with Crippen LogP contribution in [-0.2, 0) is 15.1 Å². The van der Waals surface area contributed by atoms with Gasteiger partial charge >= 0.3 is 5.97 Å². The molecule has 0 radical (unpaired) electrons. The van der Waals surface area contributed by atoms with E-state index in [4.69, 9.17) is 16.3 Å². The maximum Gasteiger partial charge on any atom is 0.330 e. The Balaban J connectivity index is 2.64. The predicted octanol–water partition coefficient (Wildman–Crippen LogP) is 3.06. The Kier molecular flexibility index (Phi) is 5.38. The average molecular weight is 269 g/mol. The van der Waals surface area contributed by atoms with Gasteiger partial charge in [0.05, 0.1) is 12.2 Å². The second-order valence-corrected chi connectivity index (χ2v) is 4.58. The fourth-order valence-electron chi connectivity index (χ4n) is 1.50. The van der Waals surface area contributed by atoms with Crippen LogP contribution in [0.4, 0.5) is 0 Å². The lowest BCUT2D eigenvalue weighted by atomic mass is 9.92. The summed E-state index contributed by atoms with van der Waals surface area (Å²) in [5, 5.41) is 10.9. The molecule has 3 nitrogen and oxygen atoms in total. The Bertz CT molecular complexity index is 421. The molecule has 1 N–H and O–H groups in total. The van der Waals surface area contributed by atoms with Gasteiger partial charge in [0.25, 0.3) is 0 Å². The van der Waals surface area contributed by atoms with Gasteiger partial charge in [-0.3, -0.25) is 0 Å². The molecule has 0 saturated heterocycles. The standard InChI is InChI=1S/C14H17ClO3/c1-3-18-13(16)5-4-10-14(2,17)11-6-8-12(15)9-7-11/h4-9,17H,3,10H2,1-2H3/b5-4+/t14-/m1/s1. The lowest BCUT2D eigenvalue weighted by Gasteiger charge is -2.22. The van der Waals surface area contributed by atoms with Crippen molar-refractivity contribution < 1.29 is 14.6 Å². The summed E-state index contributed by atoms with van der Waals surface area (Å²) in [4.78, 5) is 11.1. The first-order valence-corrected chi connectivity index (χ1v) is 6.15. The smallest absolute Gasteiger partial charge is 0.330 e. The van der Waals surface area contributed by atoms with Crippen molar-refractivity contribution in [1.29, 1.82) is 0 Å². The van der Waals surface area contributed by atoms with Crippen LogP contribution in [0, 0.1) is 0 Å². The zero-order valence-corrected chi connectivity index (χ0v) is 11.3. The van der Waals surface area contributed by atoms with Gasteiger partial charge in [-0.2, -0.15) is 0 Å². The third-order valence-electron chi connectivity index (χ3n) is 2.52. The Morgan fingerprint density at radius 2 is 2.06 bits per heavy atom.